The fourth-order valence-electron chi connectivity index (χ4n) is 3.73. The molecule has 1 fully saturated rings. The Morgan fingerprint density at radius 3 is 2.78 bits per heavy atom. The lowest BCUT2D eigenvalue weighted by atomic mass is 10.0. The summed E-state index contributed by atoms with van der Waals surface area (Å²) < 4.78 is 11.1. The summed E-state index contributed by atoms with van der Waals surface area (Å²) in [4.78, 5) is 20.4. The minimum absolute atomic E-state index is 0.213. The third-order valence-electron chi connectivity index (χ3n) is 5.35. The van der Waals surface area contributed by atoms with E-state index < -0.39 is 6.04 Å². The molecule has 2 aromatic heterocycles. The molecule has 1 aliphatic heterocycles. The van der Waals surface area contributed by atoms with Crippen molar-refractivity contribution in [3.63, 3.8) is 0 Å². The van der Waals surface area contributed by atoms with Crippen molar-refractivity contribution in [3.8, 4) is 10.7 Å². The molecule has 1 saturated heterocycles. The number of carbonyl (C=O) groups excluding carboxylic acids is 1. The number of para-hydroxylation sites is 1. The Morgan fingerprint density at radius 1 is 1.09 bits per heavy atom. The fourth-order valence-corrected chi connectivity index (χ4v) is 4.38. The number of hydrogen-bond donors (Lipinski definition) is 1. The van der Waals surface area contributed by atoms with Crippen LogP contribution in [-0.4, -0.2) is 40.8 Å². The summed E-state index contributed by atoms with van der Waals surface area (Å²) in [5.41, 5.74) is 3.02. The number of hydrogen-bond acceptors (Lipinski definition) is 6. The molecule has 3 heterocycles. The van der Waals surface area contributed by atoms with E-state index in [0.717, 1.165) is 22.5 Å². The minimum atomic E-state index is -0.439. The molecule has 1 atom stereocenters. The third-order valence-corrected chi connectivity index (χ3v) is 6.22. The number of nitrogens with zero attached hydrogens (tertiary/aromatic N) is 3. The van der Waals surface area contributed by atoms with Crippen LogP contribution in [0.25, 0.3) is 10.7 Å². The van der Waals surface area contributed by atoms with Crippen LogP contribution in [0.15, 0.2) is 76.6 Å². The predicted molar refractivity (Wildman–Crippen MR) is 123 cm³/mol. The molecule has 2 aromatic carbocycles. The van der Waals surface area contributed by atoms with E-state index in [4.69, 9.17) is 9.26 Å². The Morgan fingerprint density at radius 2 is 1.94 bits per heavy atom. The van der Waals surface area contributed by atoms with Crippen LogP contribution in [0, 0.1) is 0 Å². The topological polar surface area (TPSA) is 80.5 Å². The average Bonchev–Trinajstić information content (AvgIpc) is 3.53. The molecular weight excluding hydrogens is 424 g/mol. The molecule has 1 N–H and O–H groups in total. The average molecular weight is 447 g/mol. The Kier molecular flexibility index (Phi) is 5.96. The monoisotopic (exact) mass is 446 g/mol. The molecule has 8 heteroatoms. The summed E-state index contributed by atoms with van der Waals surface area (Å²) in [7, 11) is 0. The van der Waals surface area contributed by atoms with Crippen LogP contribution in [0.2, 0.25) is 0 Å². The Balaban J connectivity index is 1.34. The van der Waals surface area contributed by atoms with E-state index in [1.165, 1.54) is 16.9 Å². The molecule has 4 aromatic rings. The van der Waals surface area contributed by atoms with Crippen molar-refractivity contribution in [1.29, 1.82) is 0 Å². The van der Waals surface area contributed by atoms with Crippen LogP contribution in [0.4, 0.5) is 10.5 Å². The Bertz CT molecular complexity index is 1180. The number of rotatable bonds is 5. The van der Waals surface area contributed by atoms with Crippen LogP contribution >= 0.6 is 11.3 Å². The van der Waals surface area contributed by atoms with Crippen LogP contribution in [0.5, 0.6) is 0 Å². The maximum Gasteiger partial charge on any atom is 0.322 e. The van der Waals surface area contributed by atoms with Crippen molar-refractivity contribution in [3.05, 3.63) is 89.1 Å². The largest absolute Gasteiger partial charge is 0.377 e. The number of nitrogens with one attached hydrogen (secondary N) is 1. The van der Waals surface area contributed by atoms with Gasteiger partial charge in [0.1, 0.15) is 6.04 Å². The normalized spacial score (nSPS) is 16.1. The molecular formula is C24H22N4O3S. The van der Waals surface area contributed by atoms with Gasteiger partial charge in [-0.05, 0) is 35.1 Å². The van der Waals surface area contributed by atoms with Crippen molar-refractivity contribution < 1.29 is 14.1 Å². The van der Waals surface area contributed by atoms with Gasteiger partial charge in [-0.1, -0.05) is 59.8 Å². The van der Waals surface area contributed by atoms with Crippen molar-refractivity contribution in [1.82, 2.24) is 15.0 Å². The van der Waals surface area contributed by atoms with Crippen LogP contribution < -0.4 is 5.32 Å². The molecule has 162 valence electrons. The Hall–Kier alpha value is -3.49. The first kappa shape index (κ1) is 20.4. The number of aromatic nitrogens is 2. The van der Waals surface area contributed by atoms with Gasteiger partial charge in [-0.3, -0.25) is 0 Å². The molecule has 2 amide bonds. The molecule has 0 saturated carbocycles. The van der Waals surface area contributed by atoms with Gasteiger partial charge in [-0.15, -0.1) is 11.3 Å². The lowest BCUT2D eigenvalue weighted by Crippen LogP contribution is -2.45. The summed E-state index contributed by atoms with van der Waals surface area (Å²) in [5, 5.41) is 9.12. The smallest absolute Gasteiger partial charge is 0.322 e. The van der Waals surface area contributed by atoms with E-state index >= 15 is 0 Å². The van der Waals surface area contributed by atoms with E-state index in [1.54, 1.807) is 4.90 Å². The van der Waals surface area contributed by atoms with Gasteiger partial charge in [-0.25, -0.2) is 4.79 Å². The van der Waals surface area contributed by atoms with Crippen LogP contribution in [0.3, 0.4) is 0 Å². The van der Waals surface area contributed by atoms with Crippen LogP contribution in [0.1, 0.15) is 23.1 Å². The van der Waals surface area contributed by atoms with Gasteiger partial charge < -0.3 is 19.5 Å². The molecule has 5 rings (SSSR count). The second kappa shape index (κ2) is 9.33. The zero-order valence-corrected chi connectivity index (χ0v) is 18.1. The van der Waals surface area contributed by atoms with E-state index in [1.807, 2.05) is 60.0 Å². The van der Waals surface area contributed by atoms with Crippen molar-refractivity contribution in [2.45, 2.75) is 12.5 Å². The third kappa shape index (κ3) is 4.42. The highest BCUT2D eigenvalue weighted by Crippen LogP contribution is 2.28. The van der Waals surface area contributed by atoms with Gasteiger partial charge in [0.2, 0.25) is 5.82 Å². The lowest BCUT2D eigenvalue weighted by Gasteiger charge is -2.33. The van der Waals surface area contributed by atoms with E-state index in [2.05, 4.69) is 27.6 Å². The van der Waals surface area contributed by atoms with E-state index in [0.29, 0.717) is 31.5 Å². The summed E-state index contributed by atoms with van der Waals surface area (Å²) in [6.45, 7) is 1.21. The predicted octanol–water partition coefficient (Wildman–Crippen LogP) is 4.99. The maximum atomic E-state index is 13.3. The first-order valence-electron chi connectivity index (χ1n) is 10.4. The highest BCUT2D eigenvalue weighted by atomic mass is 32.1. The number of amides is 2. The van der Waals surface area contributed by atoms with Gasteiger partial charge in [0.15, 0.2) is 0 Å². The fraction of sp³-hybridized carbons (Fsp3) is 0.208. The highest BCUT2D eigenvalue weighted by Gasteiger charge is 2.33. The van der Waals surface area contributed by atoms with Crippen LogP contribution in [-0.2, 0) is 11.2 Å². The molecule has 7 nitrogen and oxygen atoms in total. The van der Waals surface area contributed by atoms with Gasteiger partial charge in [-0.2, -0.15) is 4.98 Å². The number of anilines is 1. The minimum Gasteiger partial charge on any atom is -0.377 e. The van der Waals surface area contributed by atoms with Crippen molar-refractivity contribution in [2.24, 2.45) is 0 Å². The molecule has 0 unspecified atom stereocenters. The van der Waals surface area contributed by atoms with Gasteiger partial charge in [0, 0.05) is 12.2 Å². The molecule has 0 spiro atoms. The number of thiophene rings is 1. The quantitative estimate of drug-likeness (QED) is 0.467. The van der Waals surface area contributed by atoms with Gasteiger partial charge >= 0.3 is 6.03 Å². The number of morpholine rings is 1. The van der Waals surface area contributed by atoms with E-state index in [-0.39, 0.29) is 6.03 Å². The molecule has 0 aliphatic carbocycles. The summed E-state index contributed by atoms with van der Waals surface area (Å²) >= 11 is 1.54. The first-order valence-corrected chi connectivity index (χ1v) is 11.3. The Labute approximate surface area is 189 Å². The SMILES string of the molecule is O=C(Nc1ccccc1Cc1ccccc1)N1CCOC[C@@H]1c1nc(-c2cccs2)no1. The molecule has 32 heavy (non-hydrogen) atoms. The zero-order valence-electron chi connectivity index (χ0n) is 17.3. The van der Waals surface area contributed by atoms with Gasteiger partial charge in [0.05, 0.1) is 18.1 Å². The van der Waals surface area contributed by atoms with E-state index in [9.17, 15) is 4.79 Å². The maximum absolute atomic E-state index is 13.3. The van der Waals surface area contributed by atoms with Crippen molar-refractivity contribution in [2.75, 3.05) is 25.1 Å². The summed E-state index contributed by atoms with van der Waals surface area (Å²) in [5.74, 6) is 0.898. The standard InChI is InChI=1S/C24H22N4O3S/c29-24(25-19-10-5-4-9-18(19)15-17-7-2-1-3-8-17)28-12-13-30-16-20(28)23-26-22(27-31-23)21-11-6-14-32-21/h1-11,14,20H,12-13,15-16H2,(H,25,29)/t20-/m1/s1. The summed E-state index contributed by atoms with van der Waals surface area (Å²) in [6.07, 6.45) is 0.734. The number of urea groups is 1. The zero-order chi connectivity index (χ0) is 21.8. The molecule has 0 bridgehead atoms. The molecule has 1 aliphatic rings. The lowest BCUT2D eigenvalue weighted by molar-refractivity contribution is 0.00348. The first-order chi connectivity index (χ1) is 15.8. The summed E-state index contributed by atoms with van der Waals surface area (Å²) in [6, 6.07) is 21.3. The number of ether oxygens (including phenoxy) is 1. The highest BCUT2D eigenvalue weighted by molar-refractivity contribution is 7.13. The second-order valence-corrected chi connectivity index (χ2v) is 8.41. The number of benzene rings is 2. The molecule has 0 radical (unpaired) electrons. The van der Waals surface area contributed by atoms with Crippen molar-refractivity contribution >= 4 is 23.1 Å². The van der Waals surface area contributed by atoms with Gasteiger partial charge in [0.25, 0.3) is 5.89 Å². The second-order valence-electron chi connectivity index (χ2n) is 7.47. The number of carbonyl (C=O) groups is 1.